The molecule has 2 aliphatic rings. The summed E-state index contributed by atoms with van der Waals surface area (Å²) in [5.74, 6) is -1.21. The second kappa shape index (κ2) is 10.2. The zero-order valence-electron chi connectivity index (χ0n) is 20.3. The molecule has 0 aliphatic carbocycles. The lowest BCUT2D eigenvalue weighted by molar-refractivity contribution is 0.0770. The number of sulfone groups is 1. The molecule has 1 unspecified atom stereocenters. The van der Waals surface area contributed by atoms with Crippen molar-refractivity contribution in [1.29, 1.82) is 0 Å². The summed E-state index contributed by atoms with van der Waals surface area (Å²) in [6, 6.07) is 6.02. The Morgan fingerprint density at radius 1 is 1.03 bits per heavy atom. The molecule has 1 aromatic heterocycles. The van der Waals surface area contributed by atoms with Crippen LogP contribution in [0.3, 0.4) is 0 Å². The Kier molecular flexibility index (Phi) is 6.95. The van der Waals surface area contributed by atoms with E-state index in [0.29, 0.717) is 54.3 Å². The number of fused-ring (bicyclic) bond motifs is 1. The third kappa shape index (κ3) is 5.64. The van der Waals surface area contributed by atoms with Crippen LogP contribution in [0, 0.1) is 11.6 Å². The van der Waals surface area contributed by atoms with Gasteiger partial charge in [-0.3, -0.25) is 9.78 Å². The van der Waals surface area contributed by atoms with Crippen LogP contribution in [0.1, 0.15) is 28.9 Å². The lowest BCUT2D eigenvalue weighted by Gasteiger charge is -2.28. The van der Waals surface area contributed by atoms with Crippen molar-refractivity contribution in [3.05, 3.63) is 59.3 Å². The standard InChI is InChI=1S/C25H27F2N5O4S/c1-16(29-20-13-18(26)12-19(27)14-20)21-10-17(25(33)32-4-8-37(34,35)9-5-32)11-22-24(21)30-23(15-28-22)31-2-6-36-7-3-31/h10-16,29H,2-9H2,1H3. The average molecular weight is 532 g/mol. The van der Waals surface area contributed by atoms with E-state index in [0.717, 1.165) is 6.07 Å². The zero-order chi connectivity index (χ0) is 26.2. The van der Waals surface area contributed by atoms with Gasteiger partial charge in [0.15, 0.2) is 9.84 Å². The summed E-state index contributed by atoms with van der Waals surface area (Å²) in [4.78, 5) is 26.3. The van der Waals surface area contributed by atoms with Crippen LogP contribution in [0.15, 0.2) is 36.5 Å². The van der Waals surface area contributed by atoms with E-state index in [-0.39, 0.29) is 36.2 Å². The topological polar surface area (TPSA) is 105 Å². The first-order chi connectivity index (χ1) is 17.7. The molecule has 0 bridgehead atoms. The maximum atomic E-state index is 13.8. The summed E-state index contributed by atoms with van der Waals surface area (Å²) in [5.41, 5.74) is 2.25. The molecule has 1 amide bonds. The number of nitrogens with one attached hydrogen (secondary N) is 1. The van der Waals surface area contributed by atoms with Crippen molar-refractivity contribution in [2.45, 2.75) is 13.0 Å². The number of hydrogen-bond acceptors (Lipinski definition) is 8. The van der Waals surface area contributed by atoms with Crippen molar-refractivity contribution in [2.24, 2.45) is 0 Å². The van der Waals surface area contributed by atoms with Gasteiger partial charge >= 0.3 is 0 Å². The van der Waals surface area contributed by atoms with Crippen LogP contribution < -0.4 is 10.2 Å². The number of morpholine rings is 1. The Hall–Kier alpha value is -3.38. The Morgan fingerprint density at radius 3 is 2.38 bits per heavy atom. The van der Waals surface area contributed by atoms with E-state index < -0.39 is 27.5 Å². The van der Waals surface area contributed by atoms with Crippen LogP contribution in [0.4, 0.5) is 20.3 Å². The minimum absolute atomic E-state index is 0.0784. The number of nitrogens with zero attached hydrogens (tertiary/aromatic N) is 4. The van der Waals surface area contributed by atoms with Crippen molar-refractivity contribution < 1.29 is 26.7 Å². The van der Waals surface area contributed by atoms with Crippen molar-refractivity contribution in [3.8, 4) is 0 Å². The molecule has 0 saturated carbocycles. The predicted octanol–water partition coefficient (Wildman–Crippen LogP) is 2.79. The lowest BCUT2D eigenvalue weighted by atomic mass is 10.0. The first kappa shape index (κ1) is 25.3. The fourth-order valence-electron chi connectivity index (χ4n) is 4.59. The van der Waals surface area contributed by atoms with Crippen molar-refractivity contribution in [1.82, 2.24) is 14.9 Å². The monoisotopic (exact) mass is 531 g/mol. The molecule has 1 atom stereocenters. The summed E-state index contributed by atoms with van der Waals surface area (Å²) in [6.45, 7) is 4.53. The third-order valence-corrected chi connectivity index (χ3v) is 8.20. The molecule has 5 rings (SSSR count). The third-order valence-electron chi connectivity index (χ3n) is 6.59. The number of anilines is 2. The molecule has 0 spiro atoms. The van der Waals surface area contributed by atoms with Gasteiger partial charge in [-0.25, -0.2) is 22.2 Å². The smallest absolute Gasteiger partial charge is 0.254 e. The molecule has 37 heavy (non-hydrogen) atoms. The first-order valence-corrected chi connectivity index (χ1v) is 13.9. The van der Waals surface area contributed by atoms with E-state index in [4.69, 9.17) is 9.72 Å². The minimum atomic E-state index is -3.15. The van der Waals surface area contributed by atoms with Crippen LogP contribution in [0.25, 0.3) is 11.0 Å². The van der Waals surface area contributed by atoms with E-state index in [9.17, 15) is 22.0 Å². The van der Waals surface area contributed by atoms with Crippen LogP contribution in [-0.4, -0.2) is 80.1 Å². The van der Waals surface area contributed by atoms with E-state index in [1.165, 1.54) is 17.0 Å². The summed E-state index contributed by atoms with van der Waals surface area (Å²) in [7, 11) is -3.15. The van der Waals surface area contributed by atoms with Crippen LogP contribution >= 0.6 is 0 Å². The molecule has 1 N–H and O–H groups in total. The summed E-state index contributed by atoms with van der Waals surface area (Å²) < 4.78 is 56.7. The minimum Gasteiger partial charge on any atom is -0.378 e. The van der Waals surface area contributed by atoms with Crippen LogP contribution in [-0.2, 0) is 14.6 Å². The van der Waals surface area contributed by atoms with Gasteiger partial charge in [0, 0.05) is 49.1 Å². The molecule has 2 aromatic carbocycles. The molecule has 9 nitrogen and oxygen atoms in total. The Labute approximate surface area is 213 Å². The number of aromatic nitrogens is 2. The maximum Gasteiger partial charge on any atom is 0.254 e. The zero-order valence-corrected chi connectivity index (χ0v) is 21.1. The van der Waals surface area contributed by atoms with Gasteiger partial charge in [-0.05, 0) is 31.2 Å². The number of carbonyl (C=O) groups excluding carboxylic acids is 1. The second-order valence-electron chi connectivity index (χ2n) is 9.23. The van der Waals surface area contributed by atoms with Gasteiger partial charge < -0.3 is 19.9 Å². The largest absolute Gasteiger partial charge is 0.378 e. The summed E-state index contributed by atoms with van der Waals surface area (Å²) in [6.07, 6.45) is 1.65. The quantitative estimate of drug-likeness (QED) is 0.536. The average Bonchev–Trinajstić information content (AvgIpc) is 2.87. The summed E-state index contributed by atoms with van der Waals surface area (Å²) in [5, 5.41) is 3.10. The normalized spacial score (nSPS) is 18.6. The number of ether oxygens (including phenoxy) is 1. The molecule has 196 valence electrons. The number of carbonyl (C=O) groups is 1. The molecule has 0 radical (unpaired) electrons. The Balaban J connectivity index is 1.54. The number of hydrogen-bond donors (Lipinski definition) is 1. The highest BCUT2D eigenvalue weighted by atomic mass is 32.2. The molecular formula is C25H27F2N5O4S. The lowest BCUT2D eigenvalue weighted by Crippen LogP contribution is -2.43. The Morgan fingerprint density at radius 2 is 1.70 bits per heavy atom. The predicted molar refractivity (Wildman–Crippen MR) is 136 cm³/mol. The van der Waals surface area contributed by atoms with Gasteiger partial charge in [0.25, 0.3) is 5.91 Å². The SMILES string of the molecule is CC(Nc1cc(F)cc(F)c1)c1cc(C(=O)N2CCS(=O)(=O)CC2)cc2ncc(N3CCOCC3)nc12. The maximum absolute atomic E-state index is 13.8. The van der Waals surface area contributed by atoms with Gasteiger partial charge in [0.05, 0.1) is 48.0 Å². The van der Waals surface area contributed by atoms with Gasteiger partial charge in [0.2, 0.25) is 0 Å². The van der Waals surface area contributed by atoms with Gasteiger partial charge in [-0.1, -0.05) is 0 Å². The van der Waals surface area contributed by atoms with Gasteiger partial charge in [-0.15, -0.1) is 0 Å². The molecule has 12 heteroatoms. The number of rotatable bonds is 5. The molecular weight excluding hydrogens is 504 g/mol. The van der Waals surface area contributed by atoms with E-state index in [1.807, 2.05) is 6.92 Å². The van der Waals surface area contributed by atoms with Crippen LogP contribution in [0.2, 0.25) is 0 Å². The fourth-order valence-corrected chi connectivity index (χ4v) is 5.79. The highest BCUT2D eigenvalue weighted by molar-refractivity contribution is 7.91. The van der Waals surface area contributed by atoms with Gasteiger partial charge in [-0.2, -0.15) is 0 Å². The van der Waals surface area contributed by atoms with Crippen LogP contribution in [0.5, 0.6) is 0 Å². The van der Waals surface area contributed by atoms with Crippen molar-refractivity contribution in [3.63, 3.8) is 0 Å². The first-order valence-electron chi connectivity index (χ1n) is 12.0. The highest BCUT2D eigenvalue weighted by Gasteiger charge is 2.27. The Bertz CT molecular complexity index is 1410. The van der Waals surface area contributed by atoms with Crippen molar-refractivity contribution >= 4 is 38.3 Å². The highest BCUT2D eigenvalue weighted by Crippen LogP contribution is 2.29. The number of amides is 1. The molecule has 2 fully saturated rings. The van der Waals surface area contributed by atoms with E-state index in [2.05, 4.69) is 15.2 Å². The van der Waals surface area contributed by atoms with Gasteiger partial charge in [0.1, 0.15) is 17.5 Å². The molecule has 2 aliphatic heterocycles. The fraction of sp³-hybridized carbons (Fsp3) is 0.400. The van der Waals surface area contributed by atoms with Crippen molar-refractivity contribution in [2.75, 3.05) is 61.1 Å². The molecule has 3 heterocycles. The van der Waals surface area contributed by atoms with E-state index in [1.54, 1.807) is 18.3 Å². The second-order valence-corrected chi connectivity index (χ2v) is 11.5. The van der Waals surface area contributed by atoms with E-state index >= 15 is 0 Å². The molecule has 3 aromatic rings. The number of halogens is 2. The summed E-state index contributed by atoms with van der Waals surface area (Å²) >= 11 is 0. The number of benzene rings is 2. The molecule has 2 saturated heterocycles.